The van der Waals surface area contributed by atoms with Crippen LogP contribution in [0.15, 0.2) is 43.0 Å². The fraction of sp³-hybridized carbons (Fsp3) is 0.440. The molecule has 0 unspecified atom stereocenters. The number of nitrogens with one attached hydrogen (secondary N) is 2. The summed E-state index contributed by atoms with van der Waals surface area (Å²) in [6.45, 7) is 8.84. The minimum absolute atomic E-state index is 0.302. The Balaban J connectivity index is 1.23. The Morgan fingerprint density at radius 3 is 2.67 bits per heavy atom. The van der Waals surface area contributed by atoms with Gasteiger partial charge in [-0.15, -0.1) is 0 Å². The van der Waals surface area contributed by atoms with Crippen molar-refractivity contribution >= 4 is 39.4 Å². The zero-order valence-corrected chi connectivity index (χ0v) is 19.3. The van der Waals surface area contributed by atoms with Gasteiger partial charge in [0, 0.05) is 30.7 Å². The first kappa shape index (κ1) is 20.4. The molecule has 3 aromatic heterocycles. The number of benzene rings is 1. The van der Waals surface area contributed by atoms with Crippen LogP contribution in [0, 0.1) is 5.41 Å². The minimum atomic E-state index is 0.302. The van der Waals surface area contributed by atoms with Crippen LogP contribution in [0.5, 0.6) is 0 Å². The van der Waals surface area contributed by atoms with Crippen molar-refractivity contribution in [2.24, 2.45) is 5.41 Å². The summed E-state index contributed by atoms with van der Waals surface area (Å²) in [5.41, 5.74) is 4.56. The van der Waals surface area contributed by atoms with Gasteiger partial charge < -0.3 is 20.1 Å². The van der Waals surface area contributed by atoms with Gasteiger partial charge in [0.1, 0.15) is 11.3 Å². The van der Waals surface area contributed by atoms with Crippen molar-refractivity contribution in [3.05, 3.63) is 43.0 Å². The van der Waals surface area contributed by atoms with Crippen molar-refractivity contribution in [3.63, 3.8) is 0 Å². The molecule has 8 nitrogen and oxygen atoms in total. The van der Waals surface area contributed by atoms with Gasteiger partial charge in [-0.2, -0.15) is 0 Å². The van der Waals surface area contributed by atoms with Crippen LogP contribution in [-0.2, 0) is 0 Å². The molecule has 0 saturated carbocycles. The van der Waals surface area contributed by atoms with Gasteiger partial charge >= 0.3 is 0 Å². The summed E-state index contributed by atoms with van der Waals surface area (Å²) in [5.74, 6) is 1.29. The van der Waals surface area contributed by atoms with Gasteiger partial charge in [0.25, 0.3) is 0 Å². The third-order valence-electron chi connectivity index (χ3n) is 7.30. The maximum absolute atomic E-state index is 4.83. The average molecular weight is 443 g/mol. The summed E-state index contributed by atoms with van der Waals surface area (Å²) < 4.78 is 2.16. The van der Waals surface area contributed by atoms with Crippen LogP contribution in [0.1, 0.15) is 39.2 Å². The Morgan fingerprint density at radius 1 is 1.00 bits per heavy atom. The second kappa shape index (κ2) is 7.95. The zero-order valence-electron chi connectivity index (χ0n) is 19.3. The molecule has 33 heavy (non-hydrogen) atoms. The lowest BCUT2D eigenvalue weighted by molar-refractivity contribution is 0.232. The molecule has 1 spiro atoms. The van der Waals surface area contributed by atoms with Gasteiger partial charge in [0.15, 0.2) is 0 Å². The van der Waals surface area contributed by atoms with Crippen molar-refractivity contribution in [1.29, 1.82) is 0 Å². The van der Waals surface area contributed by atoms with Crippen LogP contribution in [-0.4, -0.2) is 50.7 Å². The van der Waals surface area contributed by atoms with Gasteiger partial charge in [-0.3, -0.25) is 0 Å². The SMILES string of the molecule is CC(C)n1cnc2ccc3cnc(Nc4ccc(N5CCC6(CCNCC6)C5)cn4)nc3c21. The monoisotopic (exact) mass is 442 g/mol. The summed E-state index contributed by atoms with van der Waals surface area (Å²) >= 11 is 0. The van der Waals surface area contributed by atoms with Gasteiger partial charge in [-0.25, -0.2) is 19.9 Å². The third-order valence-corrected chi connectivity index (χ3v) is 7.30. The van der Waals surface area contributed by atoms with Crippen molar-refractivity contribution in [2.75, 3.05) is 36.4 Å². The molecule has 2 fully saturated rings. The Hall–Kier alpha value is -3.26. The minimum Gasteiger partial charge on any atom is -0.370 e. The smallest absolute Gasteiger partial charge is 0.228 e. The molecule has 1 aromatic carbocycles. The molecule has 0 bridgehead atoms. The van der Waals surface area contributed by atoms with Crippen LogP contribution in [0.25, 0.3) is 21.9 Å². The van der Waals surface area contributed by atoms with E-state index in [1.54, 1.807) is 0 Å². The van der Waals surface area contributed by atoms with Gasteiger partial charge in [-0.05, 0) is 75.9 Å². The lowest BCUT2D eigenvalue weighted by Gasteiger charge is -2.34. The third kappa shape index (κ3) is 3.68. The molecule has 2 N–H and O–H groups in total. The van der Waals surface area contributed by atoms with Crippen LogP contribution in [0.3, 0.4) is 0 Å². The van der Waals surface area contributed by atoms with E-state index in [0.29, 0.717) is 17.4 Å². The maximum atomic E-state index is 4.83. The highest BCUT2D eigenvalue weighted by Gasteiger charge is 2.38. The molecular formula is C25H30N8. The summed E-state index contributed by atoms with van der Waals surface area (Å²) in [4.78, 5) is 21.0. The number of aromatic nitrogens is 5. The zero-order chi connectivity index (χ0) is 22.4. The maximum Gasteiger partial charge on any atom is 0.228 e. The fourth-order valence-corrected chi connectivity index (χ4v) is 5.35. The van der Waals surface area contributed by atoms with E-state index in [9.17, 15) is 0 Å². The molecule has 6 rings (SSSR count). The predicted molar refractivity (Wildman–Crippen MR) is 132 cm³/mol. The molecule has 0 aliphatic carbocycles. The summed E-state index contributed by atoms with van der Waals surface area (Å²) in [6, 6.07) is 8.53. The molecule has 5 heterocycles. The molecule has 0 amide bonds. The van der Waals surface area contributed by atoms with Gasteiger partial charge in [-0.1, -0.05) is 0 Å². The summed E-state index contributed by atoms with van der Waals surface area (Å²) in [7, 11) is 0. The molecule has 170 valence electrons. The number of hydrogen-bond donors (Lipinski definition) is 2. The van der Waals surface area contributed by atoms with Gasteiger partial charge in [0.2, 0.25) is 5.95 Å². The fourth-order valence-electron chi connectivity index (χ4n) is 5.35. The molecule has 0 radical (unpaired) electrons. The average Bonchev–Trinajstić information content (AvgIpc) is 3.45. The van der Waals surface area contributed by atoms with Crippen molar-refractivity contribution < 1.29 is 0 Å². The van der Waals surface area contributed by atoms with E-state index < -0.39 is 0 Å². The van der Waals surface area contributed by atoms with Crippen LogP contribution >= 0.6 is 0 Å². The van der Waals surface area contributed by atoms with Crippen LogP contribution in [0.4, 0.5) is 17.5 Å². The Bertz CT molecular complexity index is 1290. The van der Waals surface area contributed by atoms with E-state index in [1.807, 2.05) is 36.9 Å². The molecule has 2 aliphatic heterocycles. The second-order valence-corrected chi connectivity index (χ2v) is 9.76. The van der Waals surface area contributed by atoms with E-state index in [0.717, 1.165) is 53.9 Å². The predicted octanol–water partition coefficient (Wildman–Crippen LogP) is 4.28. The normalized spacial score (nSPS) is 18.1. The first-order chi connectivity index (χ1) is 16.1. The van der Waals surface area contributed by atoms with Crippen LogP contribution in [0.2, 0.25) is 0 Å². The number of piperidine rings is 1. The lowest BCUT2D eigenvalue weighted by atomic mass is 9.78. The molecular weight excluding hydrogens is 412 g/mol. The van der Waals surface area contributed by atoms with E-state index in [-0.39, 0.29) is 0 Å². The number of imidazole rings is 1. The number of hydrogen-bond acceptors (Lipinski definition) is 7. The number of fused-ring (bicyclic) bond motifs is 3. The van der Waals surface area contributed by atoms with Crippen molar-refractivity contribution in [3.8, 4) is 0 Å². The van der Waals surface area contributed by atoms with E-state index in [4.69, 9.17) is 4.98 Å². The Morgan fingerprint density at radius 2 is 1.88 bits per heavy atom. The Labute approximate surface area is 193 Å². The largest absolute Gasteiger partial charge is 0.370 e. The summed E-state index contributed by atoms with van der Waals surface area (Å²) in [6.07, 6.45) is 9.55. The number of nitrogens with zero attached hydrogens (tertiary/aromatic N) is 6. The van der Waals surface area contributed by atoms with E-state index in [1.165, 1.54) is 24.9 Å². The highest BCUT2D eigenvalue weighted by molar-refractivity contribution is 6.02. The quantitative estimate of drug-likeness (QED) is 0.488. The molecule has 8 heteroatoms. The number of anilines is 3. The summed E-state index contributed by atoms with van der Waals surface area (Å²) in [5, 5.41) is 7.78. The highest BCUT2D eigenvalue weighted by Crippen LogP contribution is 2.40. The van der Waals surface area contributed by atoms with Crippen LogP contribution < -0.4 is 15.5 Å². The van der Waals surface area contributed by atoms with Gasteiger partial charge in [0.05, 0.1) is 29.2 Å². The first-order valence-electron chi connectivity index (χ1n) is 11.9. The lowest BCUT2D eigenvalue weighted by Crippen LogP contribution is -2.38. The first-order valence-corrected chi connectivity index (χ1v) is 11.9. The molecule has 4 aromatic rings. The van der Waals surface area contributed by atoms with Crippen molar-refractivity contribution in [2.45, 2.75) is 39.2 Å². The number of rotatable bonds is 4. The van der Waals surface area contributed by atoms with E-state index in [2.05, 4.69) is 55.0 Å². The standard InChI is InChI=1S/C25H30N8/c1-17(2)33-16-29-20-5-3-18-13-28-24(31-22(18)23(20)33)30-21-6-4-19(14-27-21)32-12-9-25(15-32)7-10-26-11-8-25/h3-6,13-14,16-17,26H,7-12,15H2,1-2H3,(H,27,28,30,31). The topological polar surface area (TPSA) is 83.8 Å². The molecule has 0 atom stereocenters. The highest BCUT2D eigenvalue weighted by atomic mass is 15.2. The van der Waals surface area contributed by atoms with Crippen molar-refractivity contribution in [1.82, 2.24) is 29.8 Å². The molecule has 2 aliphatic rings. The second-order valence-electron chi connectivity index (χ2n) is 9.76. The molecule has 2 saturated heterocycles. The number of pyridine rings is 1. The Kier molecular flexibility index (Phi) is 4.90. The van der Waals surface area contributed by atoms with E-state index >= 15 is 0 Å².